The number of aryl methyl sites for hydroxylation is 3. The van der Waals surface area contributed by atoms with Crippen molar-refractivity contribution in [2.24, 2.45) is 0 Å². The third-order valence-corrected chi connectivity index (χ3v) is 3.31. The summed E-state index contributed by atoms with van der Waals surface area (Å²) >= 11 is 0. The zero-order chi connectivity index (χ0) is 14.7. The first-order valence-electron chi connectivity index (χ1n) is 6.52. The highest BCUT2D eigenvalue weighted by Gasteiger charge is 2.21. The molecule has 20 heavy (non-hydrogen) atoms. The van der Waals surface area contributed by atoms with Crippen LogP contribution in [0.25, 0.3) is 0 Å². The first-order chi connectivity index (χ1) is 9.49. The van der Waals surface area contributed by atoms with Gasteiger partial charge in [0.15, 0.2) is 0 Å². The standard InChI is InChI=1S/C14H18N4O2/c1-10-14(18(19)20)11(2)17(16-10)8-4-6-12-5-3-7-13(15)9-12/h3,5,7,9H,4,6,8,15H2,1-2H3. The Kier molecular flexibility index (Phi) is 4.02. The van der Waals surface area contributed by atoms with Gasteiger partial charge in [-0.25, -0.2) is 0 Å². The molecule has 0 aliphatic carbocycles. The fourth-order valence-electron chi connectivity index (χ4n) is 2.35. The van der Waals surface area contributed by atoms with Gasteiger partial charge in [0, 0.05) is 12.2 Å². The van der Waals surface area contributed by atoms with Crippen LogP contribution in [0.5, 0.6) is 0 Å². The van der Waals surface area contributed by atoms with Crippen LogP contribution in [-0.2, 0) is 13.0 Å². The minimum atomic E-state index is -0.369. The van der Waals surface area contributed by atoms with Gasteiger partial charge in [-0.05, 0) is 44.4 Å². The number of benzene rings is 1. The van der Waals surface area contributed by atoms with Crippen LogP contribution in [0.2, 0.25) is 0 Å². The maximum atomic E-state index is 10.9. The normalized spacial score (nSPS) is 10.7. The van der Waals surface area contributed by atoms with Gasteiger partial charge < -0.3 is 5.73 Å². The number of hydrogen-bond acceptors (Lipinski definition) is 4. The van der Waals surface area contributed by atoms with Crippen LogP contribution in [0.15, 0.2) is 24.3 Å². The van der Waals surface area contributed by atoms with Gasteiger partial charge in [0.05, 0.1) is 4.92 Å². The van der Waals surface area contributed by atoms with E-state index < -0.39 is 0 Å². The zero-order valence-electron chi connectivity index (χ0n) is 11.7. The van der Waals surface area contributed by atoms with E-state index in [2.05, 4.69) is 5.10 Å². The Balaban J connectivity index is 2.01. The third-order valence-electron chi connectivity index (χ3n) is 3.31. The Labute approximate surface area is 117 Å². The minimum absolute atomic E-state index is 0.119. The molecule has 0 spiro atoms. The van der Waals surface area contributed by atoms with Crippen LogP contribution in [0.3, 0.4) is 0 Å². The highest BCUT2D eigenvalue weighted by molar-refractivity contribution is 5.41. The van der Waals surface area contributed by atoms with Crippen LogP contribution >= 0.6 is 0 Å². The lowest BCUT2D eigenvalue weighted by Crippen LogP contribution is -2.04. The highest BCUT2D eigenvalue weighted by Crippen LogP contribution is 2.22. The predicted molar refractivity (Wildman–Crippen MR) is 77.5 cm³/mol. The molecule has 0 radical (unpaired) electrons. The fraction of sp³-hybridized carbons (Fsp3) is 0.357. The molecular formula is C14H18N4O2. The summed E-state index contributed by atoms with van der Waals surface area (Å²) in [6.45, 7) is 4.06. The van der Waals surface area contributed by atoms with Gasteiger partial charge in [0.25, 0.3) is 0 Å². The third kappa shape index (κ3) is 2.96. The number of hydrogen-bond donors (Lipinski definition) is 1. The summed E-state index contributed by atoms with van der Waals surface area (Å²) < 4.78 is 1.71. The van der Waals surface area contributed by atoms with E-state index in [4.69, 9.17) is 5.73 Å². The lowest BCUT2D eigenvalue weighted by atomic mass is 10.1. The van der Waals surface area contributed by atoms with E-state index in [0.717, 1.165) is 18.5 Å². The number of rotatable bonds is 5. The van der Waals surface area contributed by atoms with Crippen LogP contribution in [0.1, 0.15) is 23.4 Å². The number of aromatic nitrogens is 2. The van der Waals surface area contributed by atoms with E-state index in [0.29, 0.717) is 17.9 Å². The molecule has 1 aromatic carbocycles. The van der Waals surface area contributed by atoms with E-state index in [-0.39, 0.29) is 10.6 Å². The van der Waals surface area contributed by atoms with Gasteiger partial charge in [-0.2, -0.15) is 5.10 Å². The van der Waals surface area contributed by atoms with Crippen molar-refractivity contribution in [3.8, 4) is 0 Å². The molecular weight excluding hydrogens is 256 g/mol. The lowest BCUT2D eigenvalue weighted by molar-refractivity contribution is -0.386. The lowest BCUT2D eigenvalue weighted by Gasteiger charge is -2.05. The second-order valence-electron chi connectivity index (χ2n) is 4.85. The number of nitrogens with two attached hydrogens (primary N) is 1. The molecule has 1 heterocycles. The van der Waals surface area contributed by atoms with Crippen molar-refractivity contribution in [3.05, 3.63) is 51.3 Å². The summed E-state index contributed by atoms with van der Waals surface area (Å²) in [7, 11) is 0. The average molecular weight is 274 g/mol. The van der Waals surface area contributed by atoms with Crippen molar-refractivity contribution in [2.75, 3.05) is 5.73 Å². The number of nitrogens with zero attached hydrogens (tertiary/aromatic N) is 3. The zero-order valence-corrected chi connectivity index (χ0v) is 11.7. The minimum Gasteiger partial charge on any atom is -0.399 e. The molecule has 6 nitrogen and oxygen atoms in total. The first kappa shape index (κ1) is 14.0. The van der Waals surface area contributed by atoms with E-state index in [9.17, 15) is 10.1 Å². The summed E-state index contributed by atoms with van der Waals surface area (Å²) in [5.41, 5.74) is 8.85. The summed E-state index contributed by atoms with van der Waals surface area (Å²) in [5, 5.41) is 15.2. The van der Waals surface area contributed by atoms with Gasteiger partial charge in [-0.1, -0.05) is 12.1 Å². The average Bonchev–Trinajstić information content (AvgIpc) is 2.64. The van der Waals surface area contributed by atoms with Crippen LogP contribution in [0.4, 0.5) is 11.4 Å². The molecule has 2 aromatic rings. The Morgan fingerprint density at radius 1 is 1.40 bits per heavy atom. The largest absolute Gasteiger partial charge is 0.399 e. The smallest absolute Gasteiger partial charge is 0.312 e. The van der Waals surface area contributed by atoms with Crippen molar-refractivity contribution in [3.63, 3.8) is 0 Å². The van der Waals surface area contributed by atoms with E-state index in [1.165, 1.54) is 5.56 Å². The second kappa shape index (κ2) is 5.73. The number of nitrogen functional groups attached to an aromatic ring is 1. The number of nitro groups is 1. The molecule has 6 heteroatoms. The van der Waals surface area contributed by atoms with E-state index >= 15 is 0 Å². The Hall–Kier alpha value is -2.37. The van der Waals surface area contributed by atoms with Gasteiger partial charge in [0.2, 0.25) is 0 Å². The molecule has 0 bridgehead atoms. The van der Waals surface area contributed by atoms with Crippen LogP contribution < -0.4 is 5.73 Å². The van der Waals surface area contributed by atoms with Gasteiger partial charge >= 0.3 is 5.69 Å². The highest BCUT2D eigenvalue weighted by atomic mass is 16.6. The van der Waals surface area contributed by atoms with Crippen molar-refractivity contribution >= 4 is 11.4 Å². The number of anilines is 1. The summed E-state index contributed by atoms with van der Waals surface area (Å²) in [4.78, 5) is 10.6. The molecule has 0 amide bonds. The van der Waals surface area contributed by atoms with Gasteiger partial charge in [-0.3, -0.25) is 14.8 Å². The van der Waals surface area contributed by atoms with Crippen molar-refractivity contribution < 1.29 is 4.92 Å². The summed E-state index contributed by atoms with van der Waals surface area (Å²) in [6.07, 6.45) is 1.74. The topological polar surface area (TPSA) is 87.0 Å². The molecule has 0 aliphatic heterocycles. The monoisotopic (exact) mass is 274 g/mol. The summed E-state index contributed by atoms with van der Waals surface area (Å²) in [6, 6.07) is 7.76. The summed E-state index contributed by atoms with van der Waals surface area (Å²) in [5.74, 6) is 0. The molecule has 0 aliphatic rings. The Morgan fingerprint density at radius 2 is 2.15 bits per heavy atom. The van der Waals surface area contributed by atoms with Crippen molar-refractivity contribution in [2.45, 2.75) is 33.2 Å². The quantitative estimate of drug-likeness (QED) is 0.516. The van der Waals surface area contributed by atoms with E-state index in [1.807, 2.05) is 24.3 Å². The van der Waals surface area contributed by atoms with Crippen LogP contribution in [0, 0.1) is 24.0 Å². The molecule has 1 aromatic heterocycles. The Bertz CT molecular complexity index is 634. The maximum absolute atomic E-state index is 10.9. The maximum Gasteiger partial charge on any atom is 0.312 e. The fourth-order valence-corrected chi connectivity index (χ4v) is 2.35. The molecule has 0 unspecified atom stereocenters. The molecule has 0 saturated carbocycles. The second-order valence-corrected chi connectivity index (χ2v) is 4.85. The molecule has 2 N–H and O–H groups in total. The molecule has 106 valence electrons. The van der Waals surface area contributed by atoms with Crippen molar-refractivity contribution in [1.82, 2.24) is 9.78 Å². The Morgan fingerprint density at radius 3 is 2.75 bits per heavy atom. The first-order valence-corrected chi connectivity index (χ1v) is 6.52. The molecule has 2 rings (SSSR count). The van der Waals surface area contributed by atoms with Gasteiger partial charge in [-0.15, -0.1) is 0 Å². The predicted octanol–water partition coefficient (Wildman–Crippen LogP) is 2.62. The molecule has 0 fully saturated rings. The SMILES string of the molecule is Cc1nn(CCCc2cccc(N)c2)c(C)c1[N+](=O)[O-]. The van der Waals surface area contributed by atoms with Crippen LogP contribution in [-0.4, -0.2) is 14.7 Å². The molecule has 0 saturated heterocycles. The van der Waals surface area contributed by atoms with Crippen molar-refractivity contribution in [1.29, 1.82) is 0 Å². The molecule has 0 atom stereocenters. The van der Waals surface area contributed by atoms with Gasteiger partial charge in [0.1, 0.15) is 11.4 Å². The van der Waals surface area contributed by atoms with E-state index in [1.54, 1.807) is 18.5 Å².